The van der Waals surface area contributed by atoms with Crippen molar-refractivity contribution in [1.82, 2.24) is 4.98 Å². The van der Waals surface area contributed by atoms with Crippen molar-refractivity contribution in [1.29, 1.82) is 0 Å². The Morgan fingerprint density at radius 1 is 1.20 bits per heavy atom. The standard InChI is InChI=1S/C12H13N3/c13-11-8-9-4-1-2-5-10(9)12(14-11)15-6-3-7-15/h1-2,4-5,8H,3,6-7H2,(H2,13,14). The lowest BCUT2D eigenvalue weighted by Crippen LogP contribution is -2.37. The van der Waals surface area contributed by atoms with Crippen LogP contribution in [-0.2, 0) is 0 Å². The maximum Gasteiger partial charge on any atom is 0.138 e. The molecule has 0 amide bonds. The highest BCUT2D eigenvalue weighted by molar-refractivity contribution is 5.94. The minimum Gasteiger partial charge on any atom is -0.384 e. The molecule has 1 aromatic heterocycles. The Balaban J connectivity index is 2.25. The third-order valence-corrected chi connectivity index (χ3v) is 2.90. The maximum absolute atomic E-state index is 5.80. The predicted octanol–water partition coefficient (Wildman–Crippen LogP) is 2.03. The van der Waals surface area contributed by atoms with E-state index in [-0.39, 0.29) is 0 Å². The number of anilines is 2. The van der Waals surface area contributed by atoms with Crippen LogP contribution in [0.4, 0.5) is 11.6 Å². The summed E-state index contributed by atoms with van der Waals surface area (Å²) in [7, 11) is 0. The molecular formula is C12H13N3. The molecule has 2 N–H and O–H groups in total. The molecule has 0 bridgehead atoms. The van der Waals surface area contributed by atoms with E-state index < -0.39 is 0 Å². The van der Waals surface area contributed by atoms with Gasteiger partial charge in [0.25, 0.3) is 0 Å². The molecule has 2 heterocycles. The van der Waals surface area contributed by atoms with E-state index in [0.29, 0.717) is 5.82 Å². The van der Waals surface area contributed by atoms with Crippen molar-refractivity contribution in [2.75, 3.05) is 23.7 Å². The Hall–Kier alpha value is -1.77. The number of fused-ring (bicyclic) bond motifs is 1. The molecule has 2 aromatic rings. The van der Waals surface area contributed by atoms with Gasteiger partial charge in [-0.25, -0.2) is 4.98 Å². The van der Waals surface area contributed by atoms with E-state index in [1.54, 1.807) is 0 Å². The maximum atomic E-state index is 5.80. The van der Waals surface area contributed by atoms with Crippen LogP contribution in [0.5, 0.6) is 0 Å². The molecule has 3 rings (SSSR count). The topological polar surface area (TPSA) is 42.1 Å². The van der Waals surface area contributed by atoms with Gasteiger partial charge in [-0.1, -0.05) is 24.3 Å². The molecule has 0 radical (unpaired) electrons. The Labute approximate surface area is 88.5 Å². The average molecular weight is 199 g/mol. The van der Waals surface area contributed by atoms with Crippen molar-refractivity contribution in [3.63, 3.8) is 0 Å². The first-order valence-corrected chi connectivity index (χ1v) is 5.25. The lowest BCUT2D eigenvalue weighted by molar-refractivity contribution is 0.612. The first-order chi connectivity index (χ1) is 7.34. The van der Waals surface area contributed by atoms with E-state index in [9.17, 15) is 0 Å². The number of nitrogens with zero attached hydrogens (tertiary/aromatic N) is 2. The van der Waals surface area contributed by atoms with Crippen LogP contribution in [0.1, 0.15) is 6.42 Å². The van der Waals surface area contributed by atoms with E-state index in [4.69, 9.17) is 5.73 Å². The van der Waals surface area contributed by atoms with Gasteiger partial charge in [-0.05, 0) is 17.9 Å². The minimum atomic E-state index is 0.607. The lowest BCUT2D eigenvalue weighted by Gasteiger charge is -2.33. The molecule has 3 nitrogen and oxygen atoms in total. The quantitative estimate of drug-likeness (QED) is 0.764. The Kier molecular flexibility index (Phi) is 1.78. The van der Waals surface area contributed by atoms with E-state index in [1.807, 2.05) is 18.2 Å². The summed E-state index contributed by atoms with van der Waals surface area (Å²) in [5.74, 6) is 1.65. The predicted molar refractivity (Wildman–Crippen MR) is 63.0 cm³/mol. The molecule has 0 aliphatic carbocycles. The second-order valence-corrected chi connectivity index (χ2v) is 3.93. The van der Waals surface area contributed by atoms with Crippen molar-refractivity contribution in [3.8, 4) is 0 Å². The highest BCUT2D eigenvalue weighted by atomic mass is 15.2. The number of nitrogens with two attached hydrogens (primary N) is 1. The van der Waals surface area contributed by atoms with Gasteiger partial charge in [-0.3, -0.25) is 0 Å². The fourth-order valence-electron chi connectivity index (χ4n) is 1.97. The van der Waals surface area contributed by atoms with E-state index >= 15 is 0 Å². The minimum absolute atomic E-state index is 0.607. The summed E-state index contributed by atoms with van der Waals surface area (Å²) in [6.45, 7) is 2.20. The fourth-order valence-corrected chi connectivity index (χ4v) is 1.97. The van der Waals surface area contributed by atoms with Gasteiger partial charge in [-0.15, -0.1) is 0 Å². The SMILES string of the molecule is Nc1cc2ccccc2c(N2CCC2)n1. The van der Waals surface area contributed by atoms with E-state index in [2.05, 4.69) is 22.0 Å². The van der Waals surface area contributed by atoms with Gasteiger partial charge >= 0.3 is 0 Å². The van der Waals surface area contributed by atoms with Gasteiger partial charge in [-0.2, -0.15) is 0 Å². The summed E-state index contributed by atoms with van der Waals surface area (Å²) >= 11 is 0. The molecule has 1 aliphatic heterocycles. The van der Waals surface area contributed by atoms with E-state index in [0.717, 1.165) is 18.9 Å². The number of benzene rings is 1. The van der Waals surface area contributed by atoms with E-state index in [1.165, 1.54) is 17.2 Å². The van der Waals surface area contributed by atoms with Crippen molar-refractivity contribution < 1.29 is 0 Å². The van der Waals surface area contributed by atoms with Gasteiger partial charge in [0.2, 0.25) is 0 Å². The van der Waals surface area contributed by atoms with Crippen LogP contribution in [0, 0.1) is 0 Å². The molecule has 3 heteroatoms. The zero-order valence-electron chi connectivity index (χ0n) is 8.48. The highest BCUT2D eigenvalue weighted by Crippen LogP contribution is 2.29. The van der Waals surface area contributed by atoms with Crippen LogP contribution in [0.25, 0.3) is 10.8 Å². The monoisotopic (exact) mass is 199 g/mol. The van der Waals surface area contributed by atoms with Gasteiger partial charge in [0, 0.05) is 18.5 Å². The molecule has 1 fully saturated rings. The summed E-state index contributed by atoms with van der Waals surface area (Å²) < 4.78 is 0. The Morgan fingerprint density at radius 2 is 2.00 bits per heavy atom. The second-order valence-electron chi connectivity index (χ2n) is 3.93. The summed E-state index contributed by atoms with van der Waals surface area (Å²) in [5, 5.41) is 2.37. The van der Waals surface area contributed by atoms with Crippen LogP contribution in [0.3, 0.4) is 0 Å². The number of nitrogen functional groups attached to an aromatic ring is 1. The molecule has 1 aromatic carbocycles. The van der Waals surface area contributed by atoms with Crippen LogP contribution in [-0.4, -0.2) is 18.1 Å². The summed E-state index contributed by atoms with van der Waals surface area (Å²) in [5.41, 5.74) is 5.80. The first-order valence-electron chi connectivity index (χ1n) is 5.25. The van der Waals surface area contributed by atoms with Gasteiger partial charge in [0.1, 0.15) is 11.6 Å². The first kappa shape index (κ1) is 8.53. The summed E-state index contributed by atoms with van der Waals surface area (Å²) in [6.07, 6.45) is 1.25. The Bertz CT molecular complexity index is 503. The number of rotatable bonds is 1. The number of hydrogen-bond donors (Lipinski definition) is 1. The zero-order valence-corrected chi connectivity index (χ0v) is 8.48. The van der Waals surface area contributed by atoms with Crippen molar-refractivity contribution in [2.24, 2.45) is 0 Å². The molecule has 0 spiro atoms. The molecule has 0 unspecified atom stereocenters. The van der Waals surface area contributed by atoms with Crippen LogP contribution >= 0.6 is 0 Å². The van der Waals surface area contributed by atoms with Crippen LogP contribution in [0.2, 0.25) is 0 Å². The average Bonchev–Trinajstić information content (AvgIpc) is 2.14. The zero-order chi connectivity index (χ0) is 10.3. The van der Waals surface area contributed by atoms with Gasteiger partial charge in [0.05, 0.1) is 0 Å². The molecule has 0 atom stereocenters. The molecule has 15 heavy (non-hydrogen) atoms. The van der Waals surface area contributed by atoms with Crippen LogP contribution < -0.4 is 10.6 Å². The fraction of sp³-hybridized carbons (Fsp3) is 0.250. The summed E-state index contributed by atoms with van der Waals surface area (Å²) in [4.78, 5) is 6.70. The highest BCUT2D eigenvalue weighted by Gasteiger charge is 2.18. The van der Waals surface area contributed by atoms with Crippen molar-refractivity contribution in [2.45, 2.75) is 6.42 Å². The summed E-state index contributed by atoms with van der Waals surface area (Å²) in [6, 6.07) is 10.2. The molecule has 0 saturated carbocycles. The molecule has 76 valence electrons. The van der Waals surface area contributed by atoms with Crippen LogP contribution in [0.15, 0.2) is 30.3 Å². The second kappa shape index (κ2) is 3.12. The molecular weight excluding hydrogens is 186 g/mol. The van der Waals surface area contributed by atoms with Crippen molar-refractivity contribution in [3.05, 3.63) is 30.3 Å². The number of hydrogen-bond acceptors (Lipinski definition) is 3. The molecule has 1 saturated heterocycles. The smallest absolute Gasteiger partial charge is 0.138 e. The van der Waals surface area contributed by atoms with Gasteiger partial charge < -0.3 is 10.6 Å². The van der Waals surface area contributed by atoms with Crippen molar-refractivity contribution >= 4 is 22.4 Å². The lowest BCUT2D eigenvalue weighted by atomic mass is 10.1. The Morgan fingerprint density at radius 3 is 2.73 bits per heavy atom. The third kappa shape index (κ3) is 1.31. The third-order valence-electron chi connectivity index (χ3n) is 2.90. The van der Waals surface area contributed by atoms with Gasteiger partial charge in [0.15, 0.2) is 0 Å². The normalized spacial score (nSPS) is 15.3. The number of pyridine rings is 1. The molecule has 1 aliphatic rings. The largest absolute Gasteiger partial charge is 0.384 e. The number of aromatic nitrogens is 1.